The van der Waals surface area contributed by atoms with Gasteiger partial charge in [0.25, 0.3) is 0 Å². The zero-order valence-electron chi connectivity index (χ0n) is 18.0. The molecule has 32 heavy (non-hydrogen) atoms. The van der Waals surface area contributed by atoms with Crippen LogP contribution in [0.15, 0.2) is 43.2 Å². The van der Waals surface area contributed by atoms with Gasteiger partial charge in [-0.25, -0.2) is 15.0 Å². The van der Waals surface area contributed by atoms with Gasteiger partial charge in [-0.15, -0.1) is 5.17 Å². The molecule has 1 fully saturated rings. The second-order valence-electron chi connectivity index (χ2n) is 8.17. The summed E-state index contributed by atoms with van der Waals surface area (Å²) in [4.78, 5) is 9.31. The van der Waals surface area contributed by atoms with Gasteiger partial charge in [-0.1, -0.05) is 6.92 Å². The Morgan fingerprint density at radius 3 is 2.75 bits per heavy atom. The molecule has 11 nitrogen and oxygen atoms in total. The van der Waals surface area contributed by atoms with Crippen molar-refractivity contribution in [1.29, 1.82) is 5.26 Å². The molecule has 0 aliphatic carbocycles. The van der Waals surface area contributed by atoms with Crippen molar-refractivity contribution in [2.75, 3.05) is 19.6 Å². The summed E-state index contributed by atoms with van der Waals surface area (Å²) in [5.41, 5.74) is 2.79. The molecule has 164 valence electrons. The van der Waals surface area contributed by atoms with Crippen LogP contribution in [0.5, 0.6) is 0 Å². The van der Waals surface area contributed by atoms with Gasteiger partial charge in [-0.05, 0) is 6.42 Å². The number of hydrogen-bond acceptors (Lipinski definition) is 8. The number of imidazole rings is 1. The Balaban J connectivity index is 1.50. The fourth-order valence-corrected chi connectivity index (χ4v) is 4.15. The number of hydrazine groups is 1. The van der Waals surface area contributed by atoms with Crippen molar-refractivity contribution in [1.82, 2.24) is 44.1 Å². The van der Waals surface area contributed by atoms with Gasteiger partial charge in [-0.3, -0.25) is 19.0 Å². The molecule has 1 aliphatic rings. The summed E-state index contributed by atoms with van der Waals surface area (Å²) in [5.74, 6) is 0.711. The number of rotatable bonds is 7. The monoisotopic (exact) mass is 432 g/mol. The van der Waals surface area contributed by atoms with E-state index < -0.39 is 5.54 Å². The number of hydrogen-bond donors (Lipinski definition) is 1. The molecule has 5 rings (SSSR count). The second-order valence-corrected chi connectivity index (χ2v) is 8.17. The topological polar surface area (TPSA) is 116 Å². The van der Waals surface area contributed by atoms with E-state index in [1.807, 2.05) is 52.7 Å². The Morgan fingerprint density at radius 2 is 2.03 bits per heavy atom. The summed E-state index contributed by atoms with van der Waals surface area (Å²) in [5, 5.41) is 31.5. The smallest absolute Gasteiger partial charge is 0.149 e. The van der Waals surface area contributed by atoms with Gasteiger partial charge in [0.2, 0.25) is 0 Å². The molecule has 0 amide bonds. The molecule has 0 bridgehead atoms. The Labute approximate surface area is 184 Å². The van der Waals surface area contributed by atoms with Crippen LogP contribution in [0.3, 0.4) is 0 Å². The van der Waals surface area contributed by atoms with Crippen molar-refractivity contribution in [2.24, 2.45) is 7.05 Å². The van der Waals surface area contributed by atoms with Crippen LogP contribution in [-0.4, -0.2) is 69.0 Å². The van der Waals surface area contributed by atoms with Gasteiger partial charge in [0, 0.05) is 63.1 Å². The van der Waals surface area contributed by atoms with E-state index in [1.165, 1.54) is 5.17 Å². The predicted molar refractivity (Wildman–Crippen MR) is 115 cm³/mol. The molecule has 0 spiro atoms. The standard InChI is InChI=1S/C21H24N10O/c1-3-7-31(32)28-14-21(15-28,4-5-22)30-13-17(11-25-30)20-26-18(16-10-24-27(2)12-16)9-19-23-6-8-29(19)20/h6,8-13,32H,3-4,7,14-15H2,1-2H3. The minimum atomic E-state index is -0.489. The number of hydroxylamine groups is 1. The Morgan fingerprint density at radius 1 is 1.22 bits per heavy atom. The lowest BCUT2D eigenvalue weighted by Crippen LogP contribution is -2.67. The molecule has 0 saturated carbocycles. The Kier molecular flexibility index (Phi) is 4.97. The number of fused-ring (bicyclic) bond motifs is 1. The molecule has 5 heterocycles. The van der Waals surface area contributed by atoms with E-state index in [2.05, 4.69) is 21.3 Å². The number of aromatic nitrogens is 7. The van der Waals surface area contributed by atoms with Crippen LogP contribution in [0, 0.1) is 11.3 Å². The summed E-state index contributed by atoms with van der Waals surface area (Å²) < 4.78 is 5.49. The van der Waals surface area contributed by atoms with Crippen molar-refractivity contribution >= 4 is 5.65 Å². The first-order chi connectivity index (χ1) is 15.5. The molecule has 0 aromatic carbocycles. The maximum atomic E-state index is 10.2. The van der Waals surface area contributed by atoms with E-state index in [1.54, 1.807) is 23.3 Å². The SMILES string of the molecule is CCCN(O)N1CC(CC#N)(n2cc(-c3nc(-c4cnn(C)c4)cc4nccn34)cn2)C1. The first-order valence-electron chi connectivity index (χ1n) is 10.5. The summed E-state index contributed by atoms with van der Waals surface area (Å²) in [6.07, 6.45) is 12.1. The minimum absolute atomic E-state index is 0.300. The van der Waals surface area contributed by atoms with E-state index in [4.69, 9.17) is 4.98 Å². The highest BCUT2D eigenvalue weighted by Gasteiger charge is 2.47. The van der Waals surface area contributed by atoms with Crippen LogP contribution >= 0.6 is 0 Å². The maximum absolute atomic E-state index is 10.2. The van der Waals surface area contributed by atoms with Crippen LogP contribution in [-0.2, 0) is 12.6 Å². The lowest BCUT2D eigenvalue weighted by molar-refractivity contribution is -0.296. The molecular formula is C21H24N10O. The van der Waals surface area contributed by atoms with Crippen molar-refractivity contribution in [3.8, 4) is 28.7 Å². The molecule has 11 heteroatoms. The fourth-order valence-electron chi connectivity index (χ4n) is 4.15. The van der Waals surface area contributed by atoms with Gasteiger partial charge >= 0.3 is 0 Å². The van der Waals surface area contributed by atoms with Crippen LogP contribution in [0.2, 0.25) is 0 Å². The van der Waals surface area contributed by atoms with Crippen molar-refractivity contribution < 1.29 is 5.21 Å². The van der Waals surface area contributed by atoms with E-state index in [0.29, 0.717) is 31.9 Å². The van der Waals surface area contributed by atoms with E-state index in [9.17, 15) is 10.5 Å². The average molecular weight is 432 g/mol. The predicted octanol–water partition coefficient (Wildman–Crippen LogP) is 1.93. The molecule has 1 N–H and O–H groups in total. The maximum Gasteiger partial charge on any atom is 0.149 e. The molecule has 0 unspecified atom stereocenters. The molecule has 0 atom stereocenters. The zero-order chi connectivity index (χ0) is 22.3. The van der Waals surface area contributed by atoms with Crippen molar-refractivity contribution in [3.63, 3.8) is 0 Å². The Hall–Kier alpha value is -3.59. The highest BCUT2D eigenvalue weighted by molar-refractivity contribution is 5.68. The number of nitriles is 1. The molecular weight excluding hydrogens is 408 g/mol. The molecule has 1 aliphatic heterocycles. The third-order valence-electron chi connectivity index (χ3n) is 5.83. The van der Waals surface area contributed by atoms with Crippen LogP contribution in [0.4, 0.5) is 0 Å². The molecule has 4 aromatic rings. The highest BCUT2D eigenvalue weighted by atomic mass is 16.5. The largest absolute Gasteiger partial charge is 0.299 e. The number of aryl methyl sites for hydroxylation is 1. The molecule has 0 radical (unpaired) electrons. The minimum Gasteiger partial charge on any atom is -0.299 e. The highest BCUT2D eigenvalue weighted by Crippen LogP contribution is 2.34. The number of nitrogens with zero attached hydrogens (tertiary/aromatic N) is 10. The van der Waals surface area contributed by atoms with Gasteiger partial charge in [0.15, 0.2) is 0 Å². The van der Waals surface area contributed by atoms with Crippen LogP contribution in [0.1, 0.15) is 19.8 Å². The summed E-state index contributed by atoms with van der Waals surface area (Å²) in [6, 6.07) is 4.21. The fraction of sp³-hybridized carbons (Fsp3) is 0.381. The molecule has 4 aromatic heterocycles. The summed E-state index contributed by atoms with van der Waals surface area (Å²) in [7, 11) is 1.87. The van der Waals surface area contributed by atoms with Gasteiger partial charge in [0.05, 0.1) is 36.1 Å². The average Bonchev–Trinajstić information content (AvgIpc) is 3.50. The van der Waals surface area contributed by atoms with Crippen molar-refractivity contribution in [2.45, 2.75) is 25.3 Å². The Bertz CT molecular complexity index is 1290. The first-order valence-corrected chi connectivity index (χ1v) is 10.5. The van der Waals surface area contributed by atoms with Crippen molar-refractivity contribution in [3.05, 3.63) is 43.2 Å². The lowest BCUT2D eigenvalue weighted by atomic mass is 9.88. The lowest BCUT2D eigenvalue weighted by Gasteiger charge is -2.51. The molecule has 1 saturated heterocycles. The van der Waals surface area contributed by atoms with E-state index in [-0.39, 0.29) is 0 Å². The zero-order valence-corrected chi connectivity index (χ0v) is 18.0. The van der Waals surface area contributed by atoms with Crippen LogP contribution in [0.25, 0.3) is 28.3 Å². The van der Waals surface area contributed by atoms with E-state index >= 15 is 0 Å². The second kappa shape index (κ2) is 7.83. The normalized spacial score (nSPS) is 15.8. The van der Waals surface area contributed by atoms with Crippen LogP contribution < -0.4 is 0 Å². The van der Waals surface area contributed by atoms with Gasteiger partial charge < -0.3 is 0 Å². The first kappa shape index (κ1) is 20.3. The third kappa shape index (κ3) is 3.34. The summed E-state index contributed by atoms with van der Waals surface area (Å²) >= 11 is 0. The van der Waals surface area contributed by atoms with E-state index in [0.717, 1.165) is 28.9 Å². The quantitative estimate of drug-likeness (QED) is 0.441. The van der Waals surface area contributed by atoms with Gasteiger partial charge in [0.1, 0.15) is 17.0 Å². The summed E-state index contributed by atoms with van der Waals surface area (Å²) in [6.45, 7) is 3.59. The third-order valence-corrected chi connectivity index (χ3v) is 5.83. The van der Waals surface area contributed by atoms with Gasteiger partial charge in [-0.2, -0.15) is 15.5 Å².